The van der Waals surface area contributed by atoms with E-state index in [-0.39, 0.29) is 24.2 Å². The van der Waals surface area contributed by atoms with Crippen molar-refractivity contribution in [3.05, 3.63) is 66.1 Å². The smallest absolute Gasteiger partial charge is 0.416 e. The number of halogens is 3. The van der Waals surface area contributed by atoms with Crippen LogP contribution in [0, 0.1) is 0 Å². The van der Waals surface area contributed by atoms with Crippen molar-refractivity contribution in [1.29, 1.82) is 0 Å². The van der Waals surface area contributed by atoms with Gasteiger partial charge >= 0.3 is 6.18 Å². The van der Waals surface area contributed by atoms with Crippen LogP contribution in [-0.2, 0) is 11.0 Å². The zero-order valence-electron chi connectivity index (χ0n) is 16.5. The van der Waals surface area contributed by atoms with E-state index in [0.717, 1.165) is 25.0 Å². The maximum Gasteiger partial charge on any atom is 0.416 e. The molecule has 0 saturated carbocycles. The molecule has 162 valence electrons. The standard InChI is InChI=1S/C22H20F3N3O3/c23-22(24,25)16-11-9-15(10-12-16)20-26-21(31-27-20)18-8-4-5-13-28(18)19(29)14-30-17-6-2-1-3-7-17/h1-3,6-7,9-12,18H,4-5,8,13-14H2. The van der Waals surface area contributed by atoms with Gasteiger partial charge in [0, 0.05) is 12.1 Å². The maximum atomic E-state index is 12.8. The topological polar surface area (TPSA) is 68.5 Å². The Labute approximate surface area is 176 Å². The first-order valence-corrected chi connectivity index (χ1v) is 9.90. The van der Waals surface area contributed by atoms with Gasteiger partial charge in [-0.2, -0.15) is 18.2 Å². The van der Waals surface area contributed by atoms with Crippen LogP contribution in [-0.4, -0.2) is 34.1 Å². The van der Waals surface area contributed by atoms with Gasteiger partial charge in [-0.25, -0.2) is 0 Å². The van der Waals surface area contributed by atoms with E-state index in [9.17, 15) is 18.0 Å². The van der Waals surface area contributed by atoms with Crippen LogP contribution in [0.1, 0.15) is 36.8 Å². The molecule has 1 amide bonds. The molecule has 0 bridgehead atoms. The second-order valence-corrected chi connectivity index (χ2v) is 7.23. The molecule has 31 heavy (non-hydrogen) atoms. The number of aromatic nitrogens is 2. The fourth-order valence-electron chi connectivity index (χ4n) is 3.53. The predicted octanol–water partition coefficient (Wildman–Crippen LogP) is 4.89. The van der Waals surface area contributed by atoms with Gasteiger partial charge in [-0.15, -0.1) is 0 Å². The lowest BCUT2D eigenvalue weighted by Crippen LogP contribution is -2.41. The Hall–Kier alpha value is -3.36. The lowest BCUT2D eigenvalue weighted by molar-refractivity contribution is -0.138. The third kappa shape index (κ3) is 4.87. The van der Waals surface area contributed by atoms with E-state index in [1.807, 2.05) is 18.2 Å². The Morgan fingerprint density at radius 2 is 1.84 bits per heavy atom. The first kappa shape index (κ1) is 20.9. The first-order valence-electron chi connectivity index (χ1n) is 9.90. The van der Waals surface area contributed by atoms with Crippen LogP contribution in [0.2, 0.25) is 0 Å². The number of benzene rings is 2. The van der Waals surface area contributed by atoms with Crippen LogP contribution < -0.4 is 4.74 Å². The number of carbonyl (C=O) groups is 1. The highest BCUT2D eigenvalue weighted by Crippen LogP contribution is 2.33. The molecule has 1 aliphatic heterocycles. The van der Waals surface area contributed by atoms with E-state index in [0.29, 0.717) is 24.3 Å². The number of likely N-dealkylation sites (tertiary alicyclic amines) is 1. The average molecular weight is 431 g/mol. The molecule has 1 saturated heterocycles. The van der Waals surface area contributed by atoms with Gasteiger partial charge in [0.2, 0.25) is 11.7 Å². The van der Waals surface area contributed by atoms with Gasteiger partial charge in [0.05, 0.1) is 5.56 Å². The summed E-state index contributed by atoms with van der Waals surface area (Å²) >= 11 is 0. The summed E-state index contributed by atoms with van der Waals surface area (Å²) in [5.74, 6) is 0.861. The molecule has 1 aliphatic rings. The van der Waals surface area contributed by atoms with Crippen LogP contribution >= 0.6 is 0 Å². The monoisotopic (exact) mass is 431 g/mol. The number of carbonyl (C=O) groups excluding carboxylic acids is 1. The van der Waals surface area contributed by atoms with Crippen LogP contribution in [0.4, 0.5) is 13.2 Å². The highest BCUT2D eigenvalue weighted by molar-refractivity contribution is 5.78. The van der Waals surface area contributed by atoms with Crippen molar-refractivity contribution >= 4 is 5.91 Å². The molecule has 0 radical (unpaired) electrons. The van der Waals surface area contributed by atoms with Gasteiger partial charge in [0.1, 0.15) is 11.8 Å². The maximum absolute atomic E-state index is 12.8. The molecule has 0 N–H and O–H groups in total. The Bertz CT molecular complexity index is 1020. The number of para-hydroxylation sites is 1. The molecule has 9 heteroatoms. The fourth-order valence-corrected chi connectivity index (χ4v) is 3.53. The highest BCUT2D eigenvalue weighted by Gasteiger charge is 2.33. The summed E-state index contributed by atoms with van der Waals surface area (Å²) in [5, 5.41) is 3.90. The summed E-state index contributed by atoms with van der Waals surface area (Å²) in [7, 11) is 0. The largest absolute Gasteiger partial charge is 0.484 e. The van der Waals surface area contributed by atoms with E-state index >= 15 is 0 Å². The second-order valence-electron chi connectivity index (χ2n) is 7.23. The van der Waals surface area contributed by atoms with Crippen LogP contribution in [0.3, 0.4) is 0 Å². The molecule has 2 aromatic carbocycles. The number of piperidine rings is 1. The van der Waals surface area contributed by atoms with Crippen molar-refractivity contribution < 1.29 is 27.2 Å². The molecule has 6 nitrogen and oxygen atoms in total. The summed E-state index contributed by atoms with van der Waals surface area (Å²) in [4.78, 5) is 18.8. The highest BCUT2D eigenvalue weighted by atomic mass is 19.4. The molecule has 1 aromatic heterocycles. The molecule has 2 heterocycles. The minimum absolute atomic E-state index is 0.111. The molecule has 4 rings (SSSR count). The van der Waals surface area contributed by atoms with Crippen LogP contribution in [0.15, 0.2) is 59.1 Å². The Morgan fingerprint density at radius 1 is 1.10 bits per heavy atom. The summed E-state index contributed by atoms with van der Waals surface area (Å²) in [6.45, 7) is 0.431. The van der Waals surface area contributed by atoms with E-state index in [4.69, 9.17) is 9.26 Å². The zero-order valence-corrected chi connectivity index (χ0v) is 16.5. The number of alkyl halides is 3. The third-order valence-electron chi connectivity index (χ3n) is 5.13. The van der Waals surface area contributed by atoms with Gasteiger partial charge in [-0.05, 0) is 43.5 Å². The Morgan fingerprint density at radius 3 is 2.55 bits per heavy atom. The van der Waals surface area contributed by atoms with Crippen molar-refractivity contribution in [3.8, 4) is 17.1 Å². The predicted molar refractivity (Wildman–Crippen MR) is 105 cm³/mol. The van der Waals surface area contributed by atoms with E-state index in [2.05, 4.69) is 10.1 Å². The van der Waals surface area contributed by atoms with Crippen molar-refractivity contribution in [3.63, 3.8) is 0 Å². The van der Waals surface area contributed by atoms with Gasteiger partial charge in [-0.1, -0.05) is 35.5 Å². The van der Waals surface area contributed by atoms with E-state index < -0.39 is 17.8 Å². The van der Waals surface area contributed by atoms with E-state index in [1.165, 1.54) is 12.1 Å². The van der Waals surface area contributed by atoms with Gasteiger partial charge < -0.3 is 14.2 Å². The number of ether oxygens (including phenoxy) is 1. The fraction of sp³-hybridized carbons (Fsp3) is 0.318. The average Bonchev–Trinajstić information content (AvgIpc) is 3.28. The molecule has 1 unspecified atom stereocenters. The zero-order chi connectivity index (χ0) is 21.8. The first-order chi connectivity index (χ1) is 14.9. The number of hydrogen-bond acceptors (Lipinski definition) is 5. The number of hydrogen-bond donors (Lipinski definition) is 0. The van der Waals surface area contributed by atoms with Crippen LogP contribution in [0.25, 0.3) is 11.4 Å². The summed E-state index contributed by atoms with van der Waals surface area (Å²) in [6.07, 6.45) is -2.00. The second kappa shape index (κ2) is 8.79. The third-order valence-corrected chi connectivity index (χ3v) is 5.13. The van der Waals surface area contributed by atoms with Gasteiger partial charge in [0.25, 0.3) is 5.91 Å². The quantitative estimate of drug-likeness (QED) is 0.576. The molecular weight excluding hydrogens is 411 g/mol. The normalized spacial score (nSPS) is 16.9. The number of rotatable bonds is 5. The molecule has 3 aromatic rings. The lowest BCUT2D eigenvalue weighted by atomic mass is 10.0. The Kier molecular flexibility index (Phi) is 5.92. The SMILES string of the molecule is O=C(COc1ccccc1)N1CCCCC1c1nc(-c2ccc(C(F)(F)F)cc2)no1. The van der Waals surface area contributed by atoms with E-state index in [1.54, 1.807) is 17.0 Å². The summed E-state index contributed by atoms with van der Waals surface area (Å²) in [6, 6.07) is 13.2. The molecule has 1 atom stereocenters. The van der Waals surface area contributed by atoms with Crippen molar-refractivity contribution in [1.82, 2.24) is 15.0 Å². The lowest BCUT2D eigenvalue weighted by Gasteiger charge is -2.33. The summed E-state index contributed by atoms with van der Waals surface area (Å²) in [5.41, 5.74) is -0.341. The molecular formula is C22H20F3N3O3. The minimum atomic E-state index is -4.41. The van der Waals surface area contributed by atoms with Gasteiger partial charge in [-0.3, -0.25) is 4.79 Å². The number of nitrogens with zero attached hydrogens (tertiary/aromatic N) is 3. The minimum Gasteiger partial charge on any atom is -0.484 e. The van der Waals surface area contributed by atoms with Crippen molar-refractivity contribution in [2.75, 3.05) is 13.2 Å². The summed E-state index contributed by atoms with van der Waals surface area (Å²) < 4.78 is 49.2. The van der Waals surface area contributed by atoms with Crippen LogP contribution in [0.5, 0.6) is 5.75 Å². The molecule has 0 spiro atoms. The number of amides is 1. The molecule has 0 aliphatic carbocycles. The molecule has 1 fully saturated rings. The van der Waals surface area contributed by atoms with Crippen molar-refractivity contribution in [2.45, 2.75) is 31.5 Å². The van der Waals surface area contributed by atoms with Crippen molar-refractivity contribution in [2.24, 2.45) is 0 Å². The van der Waals surface area contributed by atoms with Gasteiger partial charge in [0.15, 0.2) is 6.61 Å². The Balaban J connectivity index is 1.47.